The van der Waals surface area contributed by atoms with Gasteiger partial charge in [0.1, 0.15) is 11.2 Å². The molecule has 13 aromatic rings. The molecule has 0 atom stereocenters. The lowest BCUT2D eigenvalue weighted by Gasteiger charge is -2.14. The molecule has 0 saturated carbocycles. The van der Waals surface area contributed by atoms with E-state index in [-0.39, 0.29) is 0 Å². The van der Waals surface area contributed by atoms with Gasteiger partial charge in [-0.15, -0.1) is 0 Å². The molecular formula is C54H32N4O. The number of hydrogen-bond donors (Lipinski definition) is 0. The number of para-hydroxylation sites is 3. The van der Waals surface area contributed by atoms with Crippen molar-refractivity contribution in [2.45, 2.75) is 0 Å². The molecule has 0 aliphatic carbocycles. The van der Waals surface area contributed by atoms with Crippen LogP contribution in [0.25, 0.3) is 121 Å². The van der Waals surface area contributed by atoms with Crippen molar-refractivity contribution in [2.75, 3.05) is 0 Å². The number of furan rings is 1. The monoisotopic (exact) mass is 752 g/mol. The fourth-order valence-electron chi connectivity index (χ4n) is 9.45. The molecule has 9 aromatic carbocycles. The van der Waals surface area contributed by atoms with Crippen LogP contribution in [0.5, 0.6) is 0 Å². The summed E-state index contributed by atoms with van der Waals surface area (Å²) in [6.07, 6.45) is 0. The van der Waals surface area contributed by atoms with Crippen molar-refractivity contribution in [1.29, 1.82) is 0 Å². The van der Waals surface area contributed by atoms with E-state index in [9.17, 15) is 0 Å². The van der Waals surface area contributed by atoms with Crippen LogP contribution in [0.3, 0.4) is 0 Å². The van der Waals surface area contributed by atoms with Gasteiger partial charge in [0.2, 0.25) is 0 Å². The Kier molecular flexibility index (Phi) is 6.66. The molecule has 5 nitrogen and oxygen atoms in total. The highest BCUT2D eigenvalue weighted by atomic mass is 16.3. The number of fused-ring (bicyclic) bond motifs is 13. The maximum Gasteiger partial charge on any atom is 0.160 e. The highest BCUT2D eigenvalue weighted by molar-refractivity contribution is 6.29. The summed E-state index contributed by atoms with van der Waals surface area (Å²) in [6, 6.07) is 68.9. The molecule has 0 saturated heterocycles. The van der Waals surface area contributed by atoms with Crippen LogP contribution in [0.1, 0.15) is 0 Å². The van der Waals surface area contributed by atoms with Crippen LogP contribution in [-0.4, -0.2) is 19.1 Å². The SMILES string of the molecule is c1ccc(-c2nc(-c3ccc(-n4c5ccccc5c5ccc6c7c8oc9ccccc9c8ccc7n(-c7ccc8ccccc8c7)c6c54)cc3)nc3ccccc23)cc1. The molecule has 0 amide bonds. The Bertz CT molecular complexity index is 3830. The molecule has 0 unspecified atom stereocenters. The number of nitrogens with zero attached hydrogens (tertiary/aromatic N) is 4. The van der Waals surface area contributed by atoms with Gasteiger partial charge in [0.25, 0.3) is 0 Å². The van der Waals surface area contributed by atoms with E-state index in [0.717, 1.165) is 93.9 Å². The van der Waals surface area contributed by atoms with E-state index in [0.29, 0.717) is 5.82 Å². The van der Waals surface area contributed by atoms with Crippen LogP contribution in [0.2, 0.25) is 0 Å². The molecule has 59 heavy (non-hydrogen) atoms. The van der Waals surface area contributed by atoms with E-state index >= 15 is 0 Å². The summed E-state index contributed by atoms with van der Waals surface area (Å²) in [5, 5.41) is 10.3. The van der Waals surface area contributed by atoms with Crippen LogP contribution in [0, 0.1) is 0 Å². The summed E-state index contributed by atoms with van der Waals surface area (Å²) in [7, 11) is 0. The molecule has 274 valence electrons. The van der Waals surface area contributed by atoms with E-state index in [4.69, 9.17) is 14.4 Å². The minimum atomic E-state index is 0.699. The fourth-order valence-corrected chi connectivity index (χ4v) is 9.45. The number of hydrogen-bond acceptors (Lipinski definition) is 3. The first kappa shape index (κ1) is 32.1. The Labute approximate surface area is 337 Å². The molecule has 0 bridgehead atoms. The van der Waals surface area contributed by atoms with Gasteiger partial charge in [-0.25, -0.2) is 9.97 Å². The molecule has 0 fully saturated rings. The largest absolute Gasteiger partial charge is 0.455 e. The van der Waals surface area contributed by atoms with Crippen molar-refractivity contribution in [3.63, 3.8) is 0 Å². The van der Waals surface area contributed by atoms with Gasteiger partial charge in [-0.05, 0) is 77.5 Å². The van der Waals surface area contributed by atoms with Gasteiger partial charge < -0.3 is 13.6 Å². The van der Waals surface area contributed by atoms with Crippen LogP contribution in [-0.2, 0) is 0 Å². The standard InChI is InChI=1S/C54H32N4O/c1-2-13-34(14-3-1)50-43-18-6-9-19-45(43)55-54(56-50)35-23-25-37(26-24-35)57-46-20-10-7-16-39(46)41-28-29-44-49-47(31-30-42-40-17-8-11-21-48(40)59-53(42)49)58(52(44)51(41)57)38-27-22-33-12-4-5-15-36(33)32-38/h1-32H. The van der Waals surface area contributed by atoms with Crippen molar-refractivity contribution < 1.29 is 4.42 Å². The summed E-state index contributed by atoms with van der Waals surface area (Å²) >= 11 is 0. The van der Waals surface area contributed by atoms with Gasteiger partial charge in [-0.2, -0.15) is 0 Å². The zero-order chi connectivity index (χ0) is 38.6. The van der Waals surface area contributed by atoms with E-state index in [1.165, 1.54) is 21.5 Å². The molecule has 0 aliphatic heterocycles. The van der Waals surface area contributed by atoms with E-state index in [1.807, 2.05) is 24.3 Å². The third-order valence-electron chi connectivity index (χ3n) is 12.1. The lowest BCUT2D eigenvalue weighted by Crippen LogP contribution is -1.99. The van der Waals surface area contributed by atoms with Crippen molar-refractivity contribution in [2.24, 2.45) is 0 Å². The van der Waals surface area contributed by atoms with Crippen molar-refractivity contribution >= 4 is 87.2 Å². The van der Waals surface area contributed by atoms with Gasteiger partial charge in [-0.3, -0.25) is 0 Å². The maximum absolute atomic E-state index is 6.77. The van der Waals surface area contributed by atoms with Crippen molar-refractivity contribution in [3.05, 3.63) is 194 Å². The lowest BCUT2D eigenvalue weighted by molar-refractivity contribution is 0.673. The normalized spacial score (nSPS) is 12.1. The summed E-state index contributed by atoms with van der Waals surface area (Å²) in [6.45, 7) is 0. The third-order valence-corrected chi connectivity index (χ3v) is 12.1. The quantitative estimate of drug-likeness (QED) is 0.180. The van der Waals surface area contributed by atoms with Crippen molar-refractivity contribution in [3.8, 4) is 34.0 Å². The first-order valence-corrected chi connectivity index (χ1v) is 20.0. The second-order valence-corrected chi connectivity index (χ2v) is 15.3. The van der Waals surface area contributed by atoms with Gasteiger partial charge in [0, 0.05) is 54.8 Å². The fraction of sp³-hybridized carbons (Fsp3) is 0. The maximum atomic E-state index is 6.77. The molecule has 0 radical (unpaired) electrons. The molecular weight excluding hydrogens is 721 g/mol. The first-order valence-electron chi connectivity index (χ1n) is 20.0. The number of aromatic nitrogens is 4. The van der Waals surface area contributed by atoms with E-state index < -0.39 is 0 Å². The molecule has 4 heterocycles. The summed E-state index contributed by atoms with van der Waals surface area (Å²) in [5.74, 6) is 0.699. The van der Waals surface area contributed by atoms with E-state index in [1.54, 1.807) is 0 Å². The molecule has 0 spiro atoms. The van der Waals surface area contributed by atoms with Gasteiger partial charge in [-0.1, -0.05) is 127 Å². The average Bonchev–Trinajstić information content (AvgIpc) is 3.97. The predicted octanol–water partition coefficient (Wildman–Crippen LogP) is 14.2. The predicted molar refractivity (Wildman–Crippen MR) is 244 cm³/mol. The Morgan fingerprint density at radius 3 is 1.93 bits per heavy atom. The lowest BCUT2D eigenvalue weighted by atomic mass is 10.1. The van der Waals surface area contributed by atoms with Crippen LogP contribution >= 0.6 is 0 Å². The highest BCUT2D eigenvalue weighted by Crippen LogP contribution is 2.45. The Morgan fingerprint density at radius 2 is 1.05 bits per heavy atom. The molecule has 13 rings (SSSR count). The van der Waals surface area contributed by atoms with Crippen LogP contribution in [0.15, 0.2) is 199 Å². The topological polar surface area (TPSA) is 48.8 Å². The average molecular weight is 753 g/mol. The second kappa shape index (κ2) is 12.2. The molecule has 0 N–H and O–H groups in total. The summed E-state index contributed by atoms with van der Waals surface area (Å²) < 4.78 is 11.6. The minimum absolute atomic E-state index is 0.699. The van der Waals surface area contributed by atoms with Gasteiger partial charge >= 0.3 is 0 Å². The Morgan fingerprint density at radius 1 is 0.390 bits per heavy atom. The minimum Gasteiger partial charge on any atom is -0.455 e. The van der Waals surface area contributed by atoms with Crippen molar-refractivity contribution in [1.82, 2.24) is 19.1 Å². The molecule has 0 aliphatic rings. The number of rotatable bonds is 4. The Hall–Kier alpha value is -8.02. The molecule has 4 aromatic heterocycles. The Balaban J connectivity index is 1.10. The first-order chi connectivity index (χ1) is 29.3. The van der Waals surface area contributed by atoms with Gasteiger partial charge in [0.05, 0.1) is 38.7 Å². The van der Waals surface area contributed by atoms with Gasteiger partial charge in [0.15, 0.2) is 5.82 Å². The number of benzene rings is 9. The smallest absolute Gasteiger partial charge is 0.160 e. The second-order valence-electron chi connectivity index (χ2n) is 15.3. The van der Waals surface area contributed by atoms with Crippen LogP contribution in [0.4, 0.5) is 0 Å². The van der Waals surface area contributed by atoms with E-state index in [2.05, 4.69) is 179 Å². The summed E-state index contributed by atoms with van der Waals surface area (Å²) in [4.78, 5) is 10.2. The zero-order valence-corrected chi connectivity index (χ0v) is 31.7. The highest BCUT2D eigenvalue weighted by Gasteiger charge is 2.24. The summed E-state index contributed by atoms with van der Waals surface area (Å²) in [5.41, 5.74) is 12.3. The zero-order valence-electron chi connectivity index (χ0n) is 31.7. The third kappa shape index (κ3) is 4.67. The van der Waals surface area contributed by atoms with Crippen LogP contribution < -0.4 is 0 Å². The molecule has 5 heteroatoms.